The summed E-state index contributed by atoms with van der Waals surface area (Å²) in [6, 6.07) is 5.66. The largest absolute Gasteiger partial charge is 0.496 e. The first-order valence-electron chi connectivity index (χ1n) is 5.81. The second kappa shape index (κ2) is 5.32. The number of hydrogen-bond acceptors (Lipinski definition) is 4. The quantitative estimate of drug-likeness (QED) is 0.874. The lowest BCUT2D eigenvalue weighted by Gasteiger charge is -2.13. The van der Waals surface area contributed by atoms with Gasteiger partial charge in [-0.2, -0.15) is 0 Å². The Kier molecular flexibility index (Phi) is 3.76. The Morgan fingerprint density at radius 1 is 1.58 bits per heavy atom. The lowest BCUT2D eigenvalue weighted by Crippen LogP contribution is -2.26. The molecule has 0 spiro atoms. The molecule has 0 saturated carbocycles. The predicted octanol–water partition coefficient (Wildman–Crippen LogP) is 2.75. The summed E-state index contributed by atoms with van der Waals surface area (Å²) in [6.45, 7) is 4.12. The highest BCUT2D eigenvalue weighted by Gasteiger charge is 2.20. The molecule has 5 heteroatoms. The molecule has 0 aliphatic heterocycles. The van der Waals surface area contributed by atoms with E-state index in [1.165, 1.54) is 11.3 Å². The van der Waals surface area contributed by atoms with Crippen LogP contribution in [0.25, 0.3) is 10.1 Å². The van der Waals surface area contributed by atoms with Crippen LogP contribution in [0, 0.1) is 0 Å². The molecule has 0 fully saturated rings. The van der Waals surface area contributed by atoms with E-state index in [2.05, 4.69) is 6.58 Å². The minimum absolute atomic E-state index is 0.0966. The fraction of sp³-hybridized carbons (Fsp3) is 0.214. The second-order valence-electron chi connectivity index (χ2n) is 4.15. The van der Waals surface area contributed by atoms with E-state index >= 15 is 0 Å². The van der Waals surface area contributed by atoms with E-state index in [4.69, 9.17) is 10.5 Å². The minimum atomic E-state index is -0.0966. The zero-order valence-electron chi connectivity index (χ0n) is 11.0. The molecule has 0 bridgehead atoms. The number of nitrogens with two attached hydrogens (primary N) is 1. The Labute approximate surface area is 116 Å². The standard InChI is InChI=1S/C14H16N2O2S/c1-4-8-16(2)14(17)13-12(15)11-9(18-3)6-5-7-10(11)19-13/h4-7H,1,8,15H2,2-3H3. The Balaban J connectivity index is 2.54. The molecule has 1 heterocycles. The molecule has 0 radical (unpaired) electrons. The van der Waals surface area contributed by atoms with Gasteiger partial charge < -0.3 is 15.4 Å². The van der Waals surface area contributed by atoms with Gasteiger partial charge in [-0.1, -0.05) is 12.1 Å². The number of carbonyl (C=O) groups is 1. The molecule has 1 aromatic heterocycles. The van der Waals surface area contributed by atoms with Crippen molar-refractivity contribution in [3.63, 3.8) is 0 Å². The summed E-state index contributed by atoms with van der Waals surface area (Å²) in [5.74, 6) is 0.595. The van der Waals surface area contributed by atoms with E-state index in [1.54, 1.807) is 25.1 Å². The third-order valence-corrected chi connectivity index (χ3v) is 4.04. The van der Waals surface area contributed by atoms with Crippen molar-refractivity contribution in [3.05, 3.63) is 35.7 Å². The highest BCUT2D eigenvalue weighted by Crippen LogP contribution is 2.39. The van der Waals surface area contributed by atoms with Gasteiger partial charge in [-0.25, -0.2) is 0 Å². The van der Waals surface area contributed by atoms with E-state index in [0.29, 0.717) is 22.9 Å². The number of ether oxygens (including phenoxy) is 1. The fourth-order valence-corrected chi connectivity index (χ4v) is 3.05. The second-order valence-corrected chi connectivity index (χ2v) is 5.20. The minimum Gasteiger partial charge on any atom is -0.496 e. The van der Waals surface area contributed by atoms with Crippen LogP contribution in [-0.2, 0) is 0 Å². The van der Waals surface area contributed by atoms with Crippen molar-refractivity contribution in [2.45, 2.75) is 0 Å². The van der Waals surface area contributed by atoms with Gasteiger partial charge in [0.1, 0.15) is 10.6 Å². The number of anilines is 1. The van der Waals surface area contributed by atoms with Gasteiger partial charge in [0.25, 0.3) is 5.91 Å². The summed E-state index contributed by atoms with van der Waals surface area (Å²) >= 11 is 1.39. The van der Waals surface area contributed by atoms with Gasteiger partial charge in [0.15, 0.2) is 0 Å². The SMILES string of the molecule is C=CCN(C)C(=O)c1sc2cccc(OC)c2c1N. The maximum absolute atomic E-state index is 12.3. The molecule has 0 unspecified atom stereocenters. The molecule has 100 valence electrons. The summed E-state index contributed by atoms with van der Waals surface area (Å²) in [7, 11) is 3.32. The van der Waals surface area contributed by atoms with Crippen molar-refractivity contribution in [1.82, 2.24) is 4.90 Å². The van der Waals surface area contributed by atoms with E-state index < -0.39 is 0 Å². The zero-order chi connectivity index (χ0) is 14.0. The van der Waals surface area contributed by atoms with Crippen LogP contribution in [0.2, 0.25) is 0 Å². The number of nitrogen functional groups attached to an aromatic ring is 1. The monoisotopic (exact) mass is 276 g/mol. The number of fused-ring (bicyclic) bond motifs is 1. The van der Waals surface area contributed by atoms with Crippen molar-refractivity contribution < 1.29 is 9.53 Å². The van der Waals surface area contributed by atoms with Gasteiger partial charge in [0.05, 0.1) is 18.2 Å². The first kappa shape index (κ1) is 13.4. The number of thiophene rings is 1. The Hall–Kier alpha value is -2.01. The molecule has 0 saturated heterocycles. The van der Waals surface area contributed by atoms with Gasteiger partial charge in [-0.3, -0.25) is 4.79 Å². The zero-order valence-corrected chi connectivity index (χ0v) is 11.8. The molecular formula is C14H16N2O2S. The van der Waals surface area contributed by atoms with Crippen molar-refractivity contribution >= 4 is 33.0 Å². The van der Waals surface area contributed by atoms with Crippen LogP contribution in [0.15, 0.2) is 30.9 Å². The summed E-state index contributed by atoms with van der Waals surface area (Å²) in [6.07, 6.45) is 1.68. The van der Waals surface area contributed by atoms with Crippen molar-refractivity contribution in [1.29, 1.82) is 0 Å². The van der Waals surface area contributed by atoms with Crippen LogP contribution >= 0.6 is 11.3 Å². The number of rotatable bonds is 4. The van der Waals surface area contributed by atoms with E-state index in [-0.39, 0.29) is 5.91 Å². The third kappa shape index (κ3) is 2.29. The first-order chi connectivity index (χ1) is 9.10. The third-order valence-electron chi connectivity index (χ3n) is 2.88. The number of carbonyl (C=O) groups excluding carboxylic acids is 1. The van der Waals surface area contributed by atoms with Crippen molar-refractivity contribution in [2.75, 3.05) is 26.4 Å². The van der Waals surface area contributed by atoms with E-state index in [0.717, 1.165) is 10.1 Å². The molecule has 1 aromatic carbocycles. The lowest BCUT2D eigenvalue weighted by atomic mass is 10.2. The summed E-state index contributed by atoms with van der Waals surface area (Å²) in [4.78, 5) is 14.4. The van der Waals surface area contributed by atoms with Crippen LogP contribution < -0.4 is 10.5 Å². The average Bonchev–Trinajstić information content (AvgIpc) is 2.75. The Bertz CT molecular complexity index is 634. The lowest BCUT2D eigenvalue weighted by molar-refractivity contribution is 0.0816. The van der Waals surface area contributed by atoms with Crippen LogP contribution in [-0.4, -0.2) is 31.5 Å². The predicted molar refractivity (Wildman–Crippen MR) is 79.9 cm³/mol. The first-order valence-corrected chi connectivity index (χ1v) is 6.63. The highest BCUT2D eigenvalue weighted by atomic mass is 32.1. The summed E-state index contributed by atoms with van der Waals surface area (Å²) in [5, 5.41) is 0.811. The van der Waals surface area contributed by atoms with Gasteiger partial charge in [0, 0.05) is 18.3 Å². The molecule has 19 heavy (non-hydrogen) atoms. The van der Waals surface area contributed by atoms with Gasteiger partial charge in [-0.15, -0.1) is 17.9 Å². The van der Waals surface area contributed by atoms with Gasteiger partial charge >= 0.3 is 0 Å². The molecule has 0 aliphatic rings. The number of nitrogens with zero attached hydrogens (tertiary/aromatic N) is 1. The Morgan fingerprint density at radius 3 is 2.95 bits per heavy atom. The van der Waals surface area contributed by atoms with Crippen molar-refractivity contribution in [3.8, 4) is 5.75 Å². The number of likely N-dealkylation sites (N-methyl/N-ethyl adjacent to an activating group) is 1. The van der Waals surface area contributed by atoms with Crippen LogP contribution in [0.5, 0.6) is 5.75 Å². The maximum Gasteiger partial charge on any atom is 0.266 e. The molecule has 2 N–H and O–H groups in total. The molecule has 2 aromatic rings. The molecule has 2 rings (SSSR count). The highest BCUT2D eigenvalue weighted by molar-refractivity contribution is 7.21. The molecule has 0 aliphatic carbocycles. The molecule has 0 atom stereocenters. The van der Waals surface area contributed by atoms with Crippen LogP contribution in [0.1, 0.15) is 9.67 Å². The normalized spacial score (nSPS) is 10.4. The maximum atomic E-state index is 12.3. The molecular weight excluding hydrogens is 260 g/mol. The number of methoxy groups -OCH3 is 1. The number of amides is 1. The van der Waals surface area contributed by atoms with E-state index in [1.807, 2.05) is 18.2 Å². The van der Waals surface area contributed by atoms with Gasteiger partial charge in [0.2, 0.25) is 0 Å². The topological polar surface area (TPSA) is 55.6 Å². The average molecular weight is 276 g/mol. The van der Waals surface area contributed by atoms with Crippen molar-refractivity contribution in [2.24, 2.45) is 0 Å². The Morgan fingerprint density at radius 2 is 2.32 bits per heavy atom. The van der Waals surface area contributed by atoms with E-state index in [9.17, 15) is 4.79 Å². The van der Waals surface area contributed by atoms with Crippen LogP contribution in [0.3, 0.4) is 0 Å². The molecule has 1 amide bonds. The van der Waals surface area contributed by atoms with Gasteiger partial charge in [-0.05, 0) is 12.1 Å². The molecule has 4 nitrogen and oxygen atoms in total. The fourth-order valence-electron chi connectivity index (χ4n) is 1.92. The summed E-state index contributed by atoms with van der Waals surface area (Å²) in [5.41, 5.74) is 6.59. The smallest absolute Gasteiger partial charge is 0.266 e. The number of benzene rings is 1. The van der Waals surface area contributed by atoms with Crippen LogP contribution in [0.4, 0.5) is 5.69 Å². The summed E-state index contributed by atoms with van der Waals surface area (Å²) < 4.78 is 6.25. The number of hydrogen-bond donors (Lipinski definition) is 1.